The first-order chi connectivity index (χ1) is 10.7. The zero-order valence-corrected chi connectivity index (χ0v) is 13.1. The number of H-pyrrole nitrogens is 1. The van der Waals surface area contributed by atoms with Crippen molar-refractivity contribution < 1.29 is 13.2 Å². The van der Waals surface area contributed by atoms with Crippen molar-refractivity contribution in [2.45, 2.75) is 0 Å². The molecule has 0 unspecified atom stereocenters. The van der Waals surface area contributed by atoms with Crippen LogP contribution in [0.25, 0.3) is 0 Å². The summed E-state index contributed by atoms with van der Waals surface area (Å²) in [5.74, 6) is -0.724. The molecule has 0 bridgehead atoms. The minimum atomic E-state index is -3.45. The van der Waals surface area contributed by atoms with Gasteiger partial charge in [-0.15, -0.1) is 0 Å². The Balaban J connectivity index is 2.28. The van der Waals surface area contributed by atoms with Crippen LogP contribution in [0.5, 0.6) is 0 Å². The third-order valence-electron chi connectivity index (χ3n) is 2.85. The maximum absolute atomic E-state index is 12.1. The number of aromatic amines is 1. The lowest BCUT2D eigenvalue weighted by Crippen LogP contribution is -2.37. The summed E-state index contributed by atoms with van der Waals surface area (Å²) >= 11 is 0. The van der Waals surface area contributed by atoms with Gasteiger partial charge >= 0.3 is 5.69 Å². The molecular formula is C13H14N4O5S. The molecule has 0 saturated carbocycles. The minimum Gasteiger partial charge on any atom is -0.322 e. The Morgan fingerprint density at radius 2 is 1.87 bits per heavy atom. The van der Waals surface area contributed by atoms with Crippen LogP contribution in [0.1, 0.15) is 10.4 Å². The SMILES string of the molecule is Cn1c(=O)[nH]cc(C(=O)Nc2cccc(NS(C)(=O)=O)c2)c1=O. The van der Waals surface area contributed by atoms with Gasteiger partial charge in [-0.2, -0.15) is 0 Å². The quantitative estimate of drug-likeness (QED) is 0.704. The second-order valence-corrected chi connectivity index (χ2v) is 6.53. The molecule has 1 aromatic carbocycles. The van der Waals surface area contributed by atoms with Gasteiger partial charge in [-0.25, -0.2) is 13.2 Å². The molecule has 0 spiro atoms. The zero-order chi connectivity index (χ0) is 17.2. The van der Waals surface area contributed by atoms with E-state index in [1.54, 1.807) is 0 Å². The van der Waals surface area contributed by atoms with Crippen LogP contribution < -0.4 is 21.3 Å². The van der Waals surface area contributed by atoms with Gasteiger partial charge in [0.15, 0.2) is 0 Å². The van der Waals surface area contributed by atoms with Gasteiger partial charge in [-0.05, 0) is 18.2 Å². The standard InChI is InChI=1S/C13H14N4O5S/c1-17-12(19)10(7-14-13(17)20)11(18)15-8-4-3-5-9(6-8)16-23(2,21)22/h3-7,16H,1-2H3,(H,14,20)(H,15,18). The summed E-state index contributed by atoms with van der Waals surface area (Å²) in [6.07, 6.45) is 2.03. The predicted molar refractivity (Wildman–Crippen MR) is 85.2 cm³/mol. The first-order valence-electron chi connectivity index (χ1n) is 6.35. The van der Waals surface area contributed by atoms with Crippen molar-refractivity contribution in [2.24, 2.45) is 7.05 Å². The van der Waals surface area contributed by atoms with Crippen LogP contribution in [0.15, 0.2) is 40.1 Å². The number of benzene rings is 1. The van der Waals surface area contributed by atoms with E-state index in [0.717, 1.165) is 17.0 Å². The van der Waals surface area contributed by atoms with E-state index >= 15 is 0 Å². The molecule has 23 heavy (non-hydrogen) atoms. The summed E-state index contributed by atoms with van der Waals surface area (Å²) in [4.78, 5) is 37.5. The van der Waals surface area contributed by atoms with E-state index in [4.69, 9.17) is 0 Å². The van der Waals surface area contributed by atoms with E-state index in [-0.39, 0.29) is 16.9 Å². The van der Waals surface area contributed by atoms with Crippen LogP contribution in [0.3, 0.4) is 0 Å². The molecule has 0 saturated heterocycles. The topological polar surface area (TPSA) is 130 Å². The number of nitrogens with one attached hydrogen (secondary N) is 3. The first kappa shape index (κ1) is 16.5. The van der Waals surface area contributed by atoms with E-state index in [1.165, 1.54) is 31.3 Å². The number of amides is 1. The highest BCUT2D eigenvalue weighted by Crippen LogP contribution is 2.16. The summed E-state index contributed by atoms with van der Waals surface area (Å²) in [5.41, 5.74) is -1.06. The maximum Gasteiger partial charge on any atom is 0.328 e. The zero-order valence-electron chi connectivity index (χ0n) is 12.3. The Bertz CT molecular complexity index is 974. The van der Waals surface area contributed by atoms with E-state index < -0.39 is 27.2 Å². The first-order valence-corrected chi connectivity index (χ1v) is 8.24. The Kier molecular flexibility index (Phi) is 4.36. The number of carbonyl (C=O) groups is 1. The third-order valence-corrected chi connectivity index (χ3v) is 3.45. The van der Waals surface area contributed by atoms with Gasteiger partial charge < -0.3 is 10.3 Å². The largest absolute Gasteiger partial charge is 0.328 e. The molecule has 122 valence electrons. The van der Waals surface area contributed by atoms with E-state index in [0.29, 0.717) is 0 Å². The molecule has 1 amide bonds. The molecule has 1 aromatic heterocycles. The maximum atomic E-state index is 12.1. The van der Waals surface area contributed by atoms with Crippen molar-refractivity contribution in [3.63, 3.8) is 0 Å². The molecule has 9 nitrogen and oxygen atoms in total. The average Bonchev–Trinajstić information content (AvgIpc) is 2.43. The number of aromatic nitrogens is 2. The average molecular weight is 338 g/mol. The highest BCUT2D eigenvalue weighted by atomic mass is 32.2. The normalized spacial score (nSPS) is 11.0. The van der Waals surface area contributed by atoms with Gasteiger partial charge in [0.2, 0.25) is 10.0 Å². The molecule has 2 aromatic rings. The molecule has 0 radical (unpaired) electrons. The fraction of sp³-hybridized carbons (Fsp3) is 0.154. The highest BCUT2D eigenvalue weighted by Gasteiger charge is 2.13. The van der Waals surface area contributed by atoms with Gasteiger partial charge in [0.05, 0.1) is 11.9 Å². The predicted octanol–water partition coefficient (Wildman–Crippen LogP) is -0.303. The lowest BCUT2D eigenvalue weighted by molar-refractivity contribution is 0.102. The Morgan fingerprint density at radius 3 is 2.52 bits per heavy atom. The van der Waals surface area contributed by atoms with Crippen molar-refractivity contribution >= 4 is 27.3 Å². The fourth-order valence-electron chi connectivity index (χ4n) is 1.80. The lowest BCUT2D eigenvalue weighted by atomic mass is 10.2. The summed E-state index contributed by atoms with van der Waals surface area (Å²) in [6, 6.07) is 5.97. The molecule has 0 aliphatic heterocycles. The van der Waals surface area contributed by atoms with Crippen molar-refractivity contribution in [1.82, 2.24) is 9.55 Å². The van der Waals surface area contributed by atoms with Gasteiger partial charge in [0.1, 0.15) is 5.56 Å². The van der Waals surface area contributed by atoms with Gasteiger partial charge in [0.25, 0.3) is 11.5 Å². The molecule has 1 heterocycles. The number of carbonyl (C=O) groups excluding carboxylic acids is 1. The van der Waals surface area contributed by atoms with Crippen molar-refractivity contribution in [3.05, 3.63) is 56.9 Å². The molecular weight excluding hydrogens is 324 g/mol. The minimum absolute atomic E-state index is 0.242. The summed E-state index contributed by atoms with van der Waals surface area (Å²) < 4.78 is 25.4. The monoisotopic (exact) mass is 338 g/mol. The van der Waals surface area contributed by atoms with Gasteiger partial charge in [-0.3, -0.25) is 18.9 Å². The Hall–Kier alpha value is -2.88. The number of sulfonamides is 1. The lowest BCUT2D eigenvalue weighted by Gasteiger charge is -2.08. The Labute approximate surface area is 131 Å². The molecule has 2 rings (SSSR count). The van der Waals surface area contributed by atoms with Crippen LogP contribution in [-0.4, -0.2) is 30.1 Å². The smallest absolute Gasteiger partial charge is 0.322 e. The number of hydrogen-bond acceptors (Lipinski definition) is 5. The highest BCUT2D eigenvalue weighted by molar-refractivity contribution is 7.92. The van der Waals surface area contributed by atoms with E-state index in [9.17, 15) is 22.8 Å². The van der Waals surface area contributed by atoms with Crippen LogP contribution >= 0.6 is 0 Å². The second kappa shape index (κ2) is 6.08. The Morgan fingerprint density at radius 1 is 1.22 bits per heavy atom. The van der Waals surface area contributed by atoms with Crippen LogP contribution in [0.4, 0.5) is 11.4 Å². The van der Waals surface area contributed by atoms with Crippen molar-refractivity contribution in [2.75, 3.05) is 16.3 Å². The molecule has 0 aliphatic rings. The summed E-state index contributed by atoms with van der Waals surface area (Å²) in [5, 5.41) is 2.46. The number of nitrogens with zero attached hydrogens (tertiary/aromatic N) is 1. The molecule has 3 N–H and O–H groups in total. The summed E-state index contributed by atoms with van der Waals surface area (Å²) in [6.45, 7) is 0. The number of rotatable bonds is 4. The fourth-order valence-corrected chi connectivity index (χ4v) is 2.36. The molecule has 0 atom stereocenters. The van der Waals surface area contributed by atoms with Crippen molar-refractivity contribution in [3.8, 4) is 0 Å². The molecule has 0 fully saturated rings. The number of anilines is 2. The van der Waals surface area contributed by atoms with Crippen LogP contribution in [0.2, 0.25) is 0 Å². The van der Waals surface area contributed by atoms with E-state index in [1.807, 2.05) is 0 Å². The van der Waals surface area contributed by atoms with Gasteiger partial charge in [0, 0.05) is 18.9 Å². The van der Waals surface area contributed by atoms with Crippen LogP contribution in [0, 0.1) is 0 Å². The van der Waals surface area contributed by atoms with E-state index in [2.05, 4.69) is 15.0 Å². The second-order valence-electron chi connectivity index (χ2n) is 4.78. The third kappa shape index (κ3) is 4.07. The summed E-state index contributed by atoms with van der Waals surface area (Å²) in [7, 11) is -2.20. The van der Waals surface area contributed by atoms with Crippen LogP contribution in [-0.2, 0) is 17.1 Å². The number of hydrogen-bond donors (Lipinski definition) is 3. The molecule has 0 aliphatic carbocycles. The van der Waals surface area contributed by atoms with Crippen molar-refractivity contribution in [1.29, 1.82) is 0 Å². The molecule has 10 heteroatoms. The van der Waals surface area contributed by atoms with Gasteiger partial charge in [-0.1, -0.05) is 6.07 Å².